The van der Waals surface area contributed by atoms with E-state index in [2.05, 4.69) is 12.2 Å². The summed E-state index contributed by atoms with van der Waals surface area (Å²) >= 11 is 0. The SMILES string of the molecule is CCCC[NH2+]CCOc1ccccc1F. The molecule has 0 radical (unpaired) electrons. The molecule has 0 unspecified atom stereocenters. The van der Waals surface area contributed by atoms with E-state index in [4.69, 9.17) is 4.74 Å². The molecule has 0 spiro atoms. The lowest BCUT2D eigenvalue weighted by Crippen LogP contribution is -2.85. The molecule has 84 valence electrons. The topological polar surface area (TPSA) is 25.8 Å². The van der Waals surface area contributed by atoms with Gasteiger partial charge in [-0.05, 0) is 18.6 Å². The zero-order valence-electron chi connectivity index (χ0n) is 9.21. The Labute approximate surface area is 90.4 Å². The van der Waals surface area contributed by atoms with Gasteiger partial charge < -0.3 is 10.1 Å². The molecular formula is C12H19FNO+. The lowest BCUT2D eigenvalue weighted by Gasteiger charge is -2.05. The molecule has 0 amide bonds. The van der Waals surface area contributed by atoms with Crippen LogP contribution in [0.3, 0.4) is 0 Å². The first-order valence-electron chi connectivity index (χ1n) is 5.53. The van der Waals surface area contributed by atoms with E-state index in [9.17, 15) is 4.39 Å². The van der Waals surface area contributed by atoms with Crippen molar-refractivity contribution in [3.8, 4) is 5.75 Å². The van der Waals surface area contributed by atoms with Crippen molar-refractivity contribution in [2.75, 3.05) is 19.7 Å². The highest BCUT2D eigenvalue weighted by atomic mass is 19.1. The van der Waals surface area contributed by atoms with Crippen molar-refractivity contribution in [2.24, 2.45) is 0 Å². The van der Waals surface area contributed by atoms with Gasteiger partial charge in [0.25, 0.3) is 0 Å². The van der Waals surface area contributed by atoms with Crippen molar-refractivity contribution in [1.82, 2.24) is 0 Å². The molecule has 3 heteroatoms. The summed E-state index contributed by atoms with van der Waals surface area (Å²) in [5, 5.41) is 2.20. The van der Waals surface area contributed by atoms with Gasteiger partial charge in [0, 0.05) is 0 Å². The van der Waals surface area contributed by atoms with Gasteiger partial charge in [-0.1, -0.05) is 25.5 Å². The highest BCUT2D eigenvalue weighted by Gasteiger charge is 2.00. The standard InChI is InChI=1S/C12H18FNO/c1-2-3-8-14-9-10-15-12-7-5-4-6-11(12)13/h4-7,14H,2-3,8-10H2,1H3/p+1. The summed E-state index contributed by atoms with van der Waals surface area (Å²) < 4.78 is 18.4. The monoisotopic (exact) mass is 212 g/mol. The third-order valence-corrected chi connectivity index (χ3v) is 2.18. The molecule has 0 aliphatic rings. The van der Waals surface area contributed by atoms with Crippen molar-refractivity contribution in [2.45, 2.75) is 19.8 Å². The Bertz CT molecular complexity index is 278. The van der Waals surface area contributed by atoms with Crippen LogP contribution in [0.4, 0.5) is 4.39 Å². The van der Waals surface area contributed by atoms with Gasteiger partial charge in [0.2, 0.25) is 0 Å². The summed E-state index contributed by atoms with van der Waals surface area (Å²) in [4.78, 5) is 0. The fourth-order valence-corrected chi connectivity index (χ4v) is 1.31. The summed E-state index contributed by atoms with van der Waals surface area (Å²) in [5.74, 6) is 0.0625. The molecule has 15 heavy (non-hydrogen) atoms. The van der Waals surface area contributed by atoms with Crippen molar-refractivity contribution < 1.29 is 14.4 Å². The van der Waals surface area contributed by atoms with Crippen LogP contribution in [0.15, 0.2) is 24.3 Å². The highest BCUT2D eigenvalue weighted by Crippen LogP contribution is 2.14. The van der Waals surface area contributed by atoms with E-state index in [0.717, 1.165) is 13.1 Å². The molecule has 0 heterocycles. The van der Waals surface area contributed by atoms with Crippen LogP contribution in [-0.4, -0.2) is 19.7 Å². The Morgan fingerprint density at radius 2 is 2.07 bits per heavy atom. The van der Waals surface area contributed by atoms with Gasteiger partial charge in [0.1, 0.15) is 13.2 Å². The molecule has 1 rings (SSSR count). The second-order valence-corrected chi connectivity index (χ2v) is 3.50. The normalized spacial score (nSPS) is 10.3. The largest absolute Gasteiger partial charge is 0.485 e. The smallest absolute Gasteiger partial charge is 0.165 e. The van der Waals surface area contributed by atoms with Crippen LogP contribution in [0.25, 0.3) is 0 Å². The molecule has 0 fully saturated rings. The zero-order valence-corrected chi connectivity index (χ0v) is 9.21. The summed E-state index contributed by atoms with van der Waals surface area (Å²) in [5.41, 5.74) is 0. The summed E-state index contributed by atoms with van der Waals surface area (Å²) in [7, 11) is 0. The van der Waals surface area contributed by atoms with Gasteiger partial charge in [-0.15, -0.1) is 0 Å². The predicted octanol–water partition coefficient (Wildman–Crippen LogP) is 1.57. The average Bonchev–Trinajstić information content (AvgIpc) is 2.25. The van der Waals surface area contributed by atoms with Gasteiger partial charge >= 0.3 is 0 Å². The van der Waals surface area contributed by atoms with Gasteiger partial charge in [-0.3, -0.25) is 0 Å². The molecule has 0 aliphatic heterocycles. The molecule has 0 saturated carbocycles. The predicted molar refractivity (Wildman–Crippen MR) is 58.5 cm³/mol. The number of hydrogen-bond acceptors (Lipinski definition) is 1. The van der Waals surface area contributed by atoms with Gasteiger partial charge in [-0.25, -0.2) is 4.39 Å². The number of halogens is 1. The van der Waals surface area contributed by atoms with Crippen LogP contribution in [-0.2, 0) is 0 Å². The first kappa shape index (κ1) is 12.0. The van der Waals surface area contributed by atoms with E-state index in [0.29, 0.717) is 12.4 Å². The van der Waals surface area contributed by atoms with E-state index < -0.39 is 0 Å². The maximum atomic E-state index is 13.1. The molecule has 2 nitrogen and oxygen atoms in total. The molecule has 0 bridgehead atoms. The van der Waals surface area contributed by atoms with Crippen LogP contribution in [0.1, 0.15) is 19.8 Å². The third kappa shape index (κ3) is 4.79. The Morgan fingerprint density at radius 3 is 2.80 bits per heavy atom. The Kier molecular flexibility index (Phi) is 5.78. The van der Waals surface area contributed by atoms with Crippen LogP contribution in [0.5, 0.6) is 5.75 Å². The van der Waals surface area contributed by atoms with E-state index in [1.807, 2.05) is 0 Å². The molecule has 0 aliphatic carbocycles. The number of ether oxygens (including phenoxy) is 1. The van der Waals surface area contributed by atoms with E-state index in [-0.39, 0.29) is 5.82 Å². The van der Waals surface area contributed by atoms with Gasteiger partial charge in [0.15, 0.2) is 11.6 Å². The lowest BCUT2D eigenvalue weighted by atomic mass is 10.3. The first-order valence-corrected chi connectivity index (χ1v) is 5.53. The fourth-order valence-electron chi connectivity index (χ4n) is 1.31. The maximum absolute atomic E-state index is 13.1. The van der Waals surface area contributed by atoms with Gasteiger partial charge in [0.05, 0.1) is 6.54 Å². The van der Waals surface area contributed by atoms with Crippen LogP contribution in [0.2, 0.25) is 0 Å². The quantitative estimate of drug-likeness (QED) is 0.682. The zero-order chi connectivity index (χ0) is 10.9. The second kappa shape index (κ2) is 7.23. The molecular weight excluding hydrogens is 193 g/mol. The van der Waals surface area contributed by atoms with Crippen molar-refractivity contribution in [3.63, 3.8) is 0 Å². The van der Waals surface area contributed by atoms with Crippen molar-refractivity contribution in [3.05, 3.63) is 30.1 Å². The Balaban J connectivity index is 2.12. The maximum Gasteiger partial charge on any atom is 0.165 e. The Hall–Kier alpha value is -1.09. The fraction of sp³-hybridized carbons (Fsp3) is 0.500. The number of benzene rings is 1. The van der Waals surface area contributed by atoms with E-state index in [1.165, 1.54) is 18.9 Å². The Morgan fingerprint density at radius 1 is 1.27 bits per heavy atom. The molecule has 0 atom stereocenters. The summed E-state index contributed by atoms with van der Waals surface area (Å²) in [6, 6.07) is 6.51. The minimum atomic E-state index is -0.286. The molecule has 1 aromatic carbocycles. The molecule has 0 aromatic heterocycles. The second-order valence-electron chi connectivity index (χ2n) is 3.50. The van der Waals surface area contributed by atoms with Crippen molar-refractivity contribution >= 4 is 0 Å². The first-order chi connectivity index (χ1) is 7.34. The minimum absolute atomic E-state index is 0.286. The van der Waals surface area contributed by atoms with Crippen LogP contribution >= 0.6 is 0 Å². The van der Waals surface area contributed by atoms with E-state index >= 15 is 0 Å². The molecule has 0 saturated heterocycles. The highest BCUT2D eigenvalue weighted by molar-refractivity contribution is 5.23. The number of para-hydroxylation sites is 1. The number of nitrogens with two attached hydrogens (primary N) is 1. The van der Waals surface area contributed by atoms with Crippen LogP contribution < -0.4 is 10.1 Å². The van der Waals surface area contributed by atoms with Gasteiger partial charge in [-0.2, -0.15) is 0 Å². The lowest BCUT2D eigenvalue weighted by molar-refractivity contribution is -0.655. The number of unbranched alkanes of at least 4 members (excludes halogenated alkanes) is 1. The number of rotatable bonds is 7. The van der Waals surface area contributed by atoms with Crippen LogP contribution in [0, 0.1) is 5.82 Å². The average molecular weight is 212 g/mol. The minimum Gasteiger partial charge on any atom is -0.485 e. The number of hydrogen-bond donors (Lipinski definition) is 1. The molecule has 2 N–H and O–H groups in total. The van der Waals surface area contributed by atoms with E-state index in [1.54, 1.807) is 18.2 Å². The van der Waals surface area contributed by atoms with Crippen molar-refractivity contribution in [1.29, 1.82) is 0 Å². The third-order valence-electron chi connectivity index (χ3n) is 2.18. The number of quaternary nitrogens is 1. The summed E-state index contributed by atoms with van der Waals surface area (Å²) in [6.07, 6.45) is 2.43. The summed E-state index contributed by atoms with van der Waals surface area (Å²) in [6.45, 7) is 4.74. The molecule has 1 aromatic rings.